The molecule has 1 heterocycles. The number of thioether (sulfide) groups is 1. The molecule has 1 amide bonds. The van der Waals surface area contributed by atoms with Crippen molar-refractivity contribution < 1.29 is 14.6 Å². The number of ether oxygens (including phenoxy) is 1. The summed E-state index contributed by atoms with van der Waals surface area (Å²) in [6, 6.07) is 7.72. The van der Waals surface area contributed by atoms with Gasteiger partial charge in [-0.05, 0) is 31.5 Å². The standard InChI is InChI=1S/C15H21NO3S/c1-11(17)13-4-3-5-14(10-13)20-12(2)15(18)16-6-8-19-9-7-16/h3-5,10-12,17H,6-9H2,1-2H3. The zero-order valence-corrected chi connectivity index (χ0v) is 12.7. The summed E-state index contributed by atoms with van der Waals surface area (Å²) >= 11 is 1.53. The van der Waals surface area contributed by atoms with E-state index in [1.807, 2.05) is 36.1 Å². The minimum Gasteiger partial charge on any atom is -0.389 e. The van der Waals surface area contributed by atoms with Gasteiger partial charge in [0.2, 0.25) is 5.91 Å². The van der Waals surface area contributed by atoms with Crippen molar-refractivity contribution in [1.82, 2.24) is 4.90 Å². The third kappa shape index (κ3) is 3.98. The van der Waals surface area contributed by atoms with Gasteiger partial charge < -0.3 is 14.7 Å². The van der Waals surface area contributed by atoms with Gasteiger partial charge in [0.1, 0.15) is 0 Å². The van der Waals surface area contributed by atoms with Crippen LogP contribution < -0.4 is 0 Å². The van der Waals surface area contributed by atoms with Crippen molar-refractivity contribution >= 4 is 17.7 Å². The molecule has 0 bridgehead atoms. The first-order chi connectivity index (χ1) is 9.58. The fourth-order valence-corrected chi connectivity index (χ4v) is 3.16. The molecule has 2 atom stereocenters. The van der Waals surface area contributed by atoms with Gasteiger partial charge in [0.05, 0.1) is 24.6 Å². The van der Waals surface area contributed by atoms with Gasteiger partial charge in [0, 0.05) is 18.0 Å². The molecule has 1 fully saturated rings. The van der Waals surface area contributed by atoms with Crippen molar-refractivity contribution in [3.8, 4) is 0 Å². The minimum atomic E-state index is -0.485. The second-order valence-electron chi connectivity index (χ2n) is 4.95. The van der Waals surface area contributed by atoms with E-state index >= 15 is 0 Å². The lowest BCUT2D eigenvalue weighted by atomic mass is 10.1. The first-order valence-electron chi connectivity index (χ1n) is 6.89. The van der Waals surface area contributed by atoms with Crippen molar-refractivity contribution in [3.05, 3.63) is 29.8 Å². The maximum atomic E-state index is 12.3. The summed E-state index contributed by atoms with van der Waals surface area (Å²) in [5.41, 5.74) is 0.876. The molecule has 1 saturated heterocycles. The summed E-state index contributed by atoms with van der Waals surface area (Å²) in [6.45, 7) is 6.28. The number of rotatable bonds is 4. The Labute approximate surface area is 124 Å². The zero-order valence-electron chi connectivity index (χ0n) is 11.9. The molecule has 20 heavy (non-hydrogen) atoms. The van der Waals surface area contributed by atoms with E-state index in [-0.39, 0.29) is 11.2 Å². The van der Waals surface area contributed by atoms with Crippen molar-refractivity contribution in [3.63, 3.8) is 0 Å². The van der Waals surface area contributed by atoms with Crippen LogP contribution in [0.15, 0.2) is 29.2 Å². The molecule has 2 rings (SSSR count). The molecule has 110 valence electrons. The Hall–Kier alpha value is -1.04. The molecule has 0 spiro atoms. The van der Waals surface area contributed by atoms with Crippen LogP contribution in [0.3, 0.4) is 0 Å². The molecule has 1 aliphatic rings. The van der Waals surface area contributed by atoms with Gasteiger partial charge in [-0.25, -0.2) is 0 Å². The van der Waals surface area contributed by atoms with E-state index in [0.29, 0.717) is 26.3 Å². The van der Waals surface area contributed by atoms with Crippen molar-refractivity contribution in [2.75, 3.05) is 26.3 Å². The molecule has 0 saturated carbocycles. The first-order valence-corrected chi connectivity index (χ1v) is 7.77. The molecule has 2 unspecified atom stereocenters. The predicted molar refractivity (Wildman–Crippen MR) is 79.8 cm³/mol. The van der Waals surface area contributed by atoms with Crippen LogP contribution in [-0.2, 0) is 9.53 Å². The molecule has 0 radical (unpaired) electrons. The van der Waals surface area contributed by atoms with Crippen LogP contribution in [0, 0.1) is 0 Å². The van der Waals surface area contributed by atoms with Crippen molar-refractivity contribution in [2.45, 2.75) is 30.1 Å². The average Bonchev–Trinajstić information content (AvgIpc) is 2.47. The number of aliphatic hydroxyl groups is 1. The highest BCUT2D eigenvalue weighted by atomic mass is 32.2. The Morgan fingerprint density at radius 2 is 2.05 bits per heavy atom. The fraction of sp³-hybridized carbons (Fsp3) is 0.533. The maximum Gasteiger partial charge on any atom is 0.235 e. The molecular weight excluding hydrogens is 274 g/mol. The lowest BCUT2D eigenvalue weighted by Gasteiger charge is -2.29. The Morgan fingerprint density at radius 3 is 2.70 bits per heavy atom. The number of aliphatic hydroxyl groups excluding tert-OH is 1. The second-order valence-corrected chi connectivity index (χ2v) is 6.36. The highest BCUT2D eigenvalue weighted by Crippen LogP contribution is 2.27. The molecule has 5 heteroatoms. The molecular formula is C15H21NO3S. The smallest absolute Gasteiger partial charge is 0.235 e. The fourth-order valence-electron chi connectivity index (χ4n) is 2.14. The monoisotopic (exact) mass is 295 g/mol. The van der Waals surface area contributed by atoms with Crippen molar-refractivity contribution in [1.29, 1.82) is 0 Å². The molecule has 0 aromatic heterocycles. The SMILES string of the molecule is CC(Sc1cccc(C(C)O)c1)C(=O)N1CCOCC1. The van der Waals surface area contributed by atoms with Gasteiger partial charge in [0.15, 0.2) is 0 Å². The molecule has 1 N–H and O–H groups in total. The van der Waals surface area contributed by atoms with Crippen LogP contribution >= 0.6 is 11.8 Å². The van der Waals surface area contributed by atoms with E-state index < -0.39 is 6.10 Å². The summed E-state index contributed by atoms with van der Waals surface area (Å²) in [5, 5.41) is 9.47. The van der Waals surface area contributed by atoms with E-state index in [1.165, 1.54) is 11.8 Å². The number of hydrogen-bond donors (Lipinski definition) is 1. The van der Waals surface area contributed by atoms with Crippen LogP contribution in [0.4, 0.5) is 0 Å². The number of morpholine rings is 1. The molecule has 4 nitrogen and oxygen atoms in total. The van der Waals surface area contributed by atoms with E-state index in [0.717, 1.165) is 10.5 Å². The number of nitrogens with zero attached hydrogens (tertiary/aromatic N) is 1. The van der Waals surface area contributed by atoms with Crippen molar-refractivity contribution in [2.24, 2.45) is 0 Å². The number of carbonyl (C=O) groups excluding carboxylic acids is 1. The first kappa shape index (κ1) is 15.4. The van der Waals surface area contributed by atoms with E-state index in [1.54, 1.807) is 6.92 Å². The Balaban J connectivity index is 1.97. The van der Waals surface area contributed by atoms with Crippen LogP contribution in [0.1, 0.15) is 25.5 Å². The van der Waals surface area contributed by atoms with Gasteiger partial charge in [-0.15, -0.1) is 11.8 Å². The van der Waals surface area contributed by atoms with E-state index in [2.05, 4.69) is 0 Å². The Kier molecular flexibility index (Phi) is 5.46. The molecule has 0 aliphatic carbocycles. The third-order valence-electron chi connectivity index (χ3n) is 3.32. The second kappa shape index (κ2) is 7.11. The average molecular weight is 295 g/mol. The highest BCUT2D eigenvalue weighted by Gasteiger charge is 2.23. The van der Waals surface area contributed by atoms with Crippen LogP contribution in [-0.4, -0.2) is 47.5 Å². The summed E-state index contributed by atoms with van der Waals surface area (Å²) in [7, 11) is 0. The van der Waals surface area contributed by atoms with Crippen LogP contribution in [0.25, 0.3) is 0 Å². The summed E-state index contributed by atoms with van der Waals surface area (Å²) < 4.78 is 5.26. The number of carbonyl (C=O) groups is 1. The molecule has 1 aromatic carbocycles. The van der Waals surface area contributed by atoms with E-state index in [9.17, 15) is 9.90 Å². The van der Waals surface area contributed by atoms with Gasteiger partial charge in [-0.2, -0.15) is 0 Å². The van der Waals surface area contributed by atoms with Gasteiger partial charge >= 0.3 is 0 Å². The molecule has 1 aliphatic heterocycles. The lowest BCUT2D eigenvalue weighted by Crippen LogP contribution is -2.44. The number of amides is 1. The van der Waals surface area contributed by atoms with Gasteiger partial charge in [0.25, 0.3) is 0 Å². The quantitative estimate of drug-likeness (QED) is 0.864. The Morgan fingerprint density at radius 1 is 1.35 bits per heavy atom. The van der Waals surface area contributed by atoms with Gasteiger partial charge in [-0.1, -0.05) is 12.1 Å². The maximum absolute atomic E-state index is 12.3. The summed E-state index contributed by atoms with van der Waals surface area (Å²) in [6.07, 6.45) is -0.485. The lowest BCUT2D eigenvalue weighted by molar-refractivity contribution is -0.134. The minimum absolute atomic E-state index is 0.127. The normalized spacial score (nSPS) is 18.6. The van der Waals surface area contributed by atoms with E-state index in [4.69, 9.17) is 4.74 Å². The number of benzene rings is 1. The third-order valence-corrected chi connectivity index (χ3v) is 4.41. The van der Waals surface area contributed by atoms with Crippen LogP contribution in [0.5, 0.6) is 0 Å². The predicted octanol–water partition coefficient (Wildman–Crippen LogP) is 2.08. The summed E-state index contributed by atoms with van der Waals surface area (Å²) in [5.74, 6) is 0.153. The topological polar surface area (TPSA) is 49.8 Å². The highest BCUT2D eigenvalue weighted by molar-refractivity contribution is 8.00. The Bertz CT molecular complexity index is 458. The van der Waals surface area contributed by atoms with Crippen LogP contribution in [0.2, 0.25) is 0 Å². The number of hydrogen-bond acceptors (Lipinski definition) is 4. The largest absolute Gasteiger partial charge is 0.389 e. The molecule has 1 aromatic rings. The van der Waals surface area contributed by atoms with Gasteiger partial charge in [-0.3, -0.25) is 4.79 Å². The zero-order chi connectivity index (χ0) is 14.5. The summed E-state index contributed by atoms with van der Waals surface area (Å²) in [4.78, 5) is 15.2.